The number of nitrogens with zero attached hydrogens (tertiary/aromatic N) is 4. The van der Waals surface area contributed by atoms with Crippen LogP contribution in [0.1, 0.15) is 55.7 Å². The number of carbonyl (C=O) groups excluding carboxylic acids is 2. The molecule has 184 valence electrons. The van der Waals surface area contributed by atoms with E-state index in [2.05, 4.69) is 15.6 Å². The summed E-state index contributed by atoms with van der Waals surface area (Å²) >= 11 is 0. The zero-order valence-electron chi connectivity index (χ0n) is 20.2. The van der Waals surface area contributed by atoms with Gasteiger partial charge in [-0.3, -0.25) is 9.59 Å². The van der Waals surface area contributed by atoms with Gasteiger partial charge < -0.3 is 15.0 Å². The van der Waals surface area contributed by atoms with Crippen LogP contribution >= 0.6 is 0 Å². The summed E-state index contributed by atoms with van der Waals surface area (Å²) in [5, 5.41) is 11.7. The third kappa shape index (κ3) is 5.22. The van der Waals surface area contributed by atoms with Gasteiger partial charge in [0.25, 0.3) is 0 Å². The highest BCUT2D eigenvalue weighted by Gasteiger charge is 2.36. The molecule has 8 heteroatoms. The lowest BCUT2D eigenvalue weighted by atomic mass is 9.97. The number of amides is 2. The van der Waals surface area contributed by atoms with E-state index in [1.807, 2.05) is 55.5 Å². The van der Waals surface area contributed by atoms with E-state index in [9.17, 15) is 9.59 Å². The summed E-state index contributed by atoms with van der Waals surface area (Å²) in [6.45, 7) is 3.05. The van der Waals surface area contributed by atoms with Crippen molar-refractivity contribution < 1.29 is 14.3 Å². The topological polar surface area (TPSA) is 89.4 Å². The Morgan fingerprint density at radius 1 is 1.09 bits per heavy atom. The molecular weight excluding hydrogens is 442 g/mol. The van der Waals surface area contributed by atoms with Crippen LogP contribution in [0.3, 0.4) is 0 Å². The monoisotopic (exact) mass is 475 g/mol. The van der Waals surface area contributed by atoms with Crippen molar-refractivity contribution in [1.29, 1.82) is 0 Å². The molecule has 1 aliphatic carbocycles. The van der Waals surface area contributed by atoms with E-state index in [1.165, 1.54) is 0 Å². The zero-order chi connectivity index (χ0) is 24.2. The highest BCUT2D eigenvalue weighted by molar-refractivity contribution is 5.89. The van der Waals surface area contributed by atoms with E-state index < -0.39 is 6.04 Å². The summed E-state index contributed by atoms with van der Waals surface area (Å²) in [6.07, 6.45) is 5.96. The van der Waals surface area contributed by atoms with Crippen molar-refractivity contribution in [2.75, 3.05) is 13.2 Å². The first-order chi connectivity index (χ1) is 17.1. The third-order valence-electron chi connectivity index (χ3n) is 7.19. The number of nitrogens with one attached hydrogen (secondary N) is 1. The Bertz CT molecular complexity index is 1180. The minimum Gasteiger partial charge on any atom is -0.376 e. The Labute approximate surface area is 205 Å². The van der Waals surface area contributed by atoms with E-state index in [0.29, 0.717) is 13.2 Å². The highest BCUT2D eigenvalue weighted by atomic mass is 16.5. The zero-order valence-corrected chi connectivity index (χ0v) is 20.2. The fourth-order valence-corrected chi connectivity index (χ4v) is 5.31. The highest BCUT2D eigenvalue weighted by Crippen LogP contribution is 2.29. The lowest BCUT2D eigenvalue weighted by molar-refractivity contribution is -0.143. The molecule has 1 aromatic heterocycles. The van der Waals surface area contributed by atoms with Gasteiger partial charge in [0.05, 0.1) is 11.6 Å². The normalized spacial score (nSPS) is 19.2. The number of hydrogen-bond donors (Lipinski definition) is 1. The van der Waals surface area contributed by atoms with Gasteiger partial charge in [0.2, 0.25) is 11.8 Å². The maximum atomic E-state index is 13.9. The lowest BCUT2D eigenvalue weighted by Gasteiger charge is -2.34. The molecule has 2 aliphatic rings. The van der Waals surface area contributed by atoms with Crippen molar-refractivity contribution in [3.05, 3.63) is 59.7 Å². The van der Waals surface area contributed by atoms with Crippen LogP contribution in [0.5, 0.6) is 0 Å². The summed E-state index contributed by atoms with van der Waals surface area (Å²) in [5.74, 6) is -0.299. The number of aromatic nitrogens is 3. The number of ether oxygens (including phenoxy) is 1. The second-order valence-electron chi connectivity index (χ2n) is 9.67. The van der Waals surface area contributed by atoms with E-state index in [0.717, 1.165) is 60.7 Å². The van der Waals surface area contributed by atoms with Gasteiger partial charge in [0.15, 0.2) is 0 Å². The summed E-state index contributed by atoms with van der Waals surface area (Å²) in [6, 6.07) is 14.8. The number of hydrogen-bond acceptors (Lipinski definition) is 5. The summed E-state index contributed by atoms with van der Waals surface area (Å²) in [5.41, 5.74) is 3.36. The maximum absolute atomic E-state index is 13.9. The van der Waals surface area contributed by atoms with Crippen molar-refractivity contribution in [2.45, 2.75) is 70.2 Å². The number of para-hydroxylation sites is 1. The van der Waals surface area contributed by atoms with Crippen molar-refractivity contribution in [3.63, 3.8) is 0 Å². The van der Waals surface area contributed by atoms with Crippen LogP contribution in [-0.2, 0) is 20.9 Å². The van der Waals surface area contributed by atoms with Gasteiger partial charge in [-0.25, -0.2) is 4.68 Å². The second-order valence-corrected chi connectivity index (χ2v) is 9.67. The Morgan fingerprint density at radius 2 is 1.86 bits per heavy atom. The lowest BCUT2D eigenvalue weighted by Crippen LogP contribution is -2.49. The van der Waals surface area contributed by atoms with Gasteiger partial charge in [-0.1, -0.05) is 54.5 Å². The van der Waals surface area contributed by atoms with Crippen LogP contribution in [0.15, 0.2) is 48.5 Å². The van der Waals surface area contributed by atoms with Crippen LogP contribution < -0.4 is 5.32 Å². The predicted molar refractivity (Wildman–Crippen MR) is 133 cm³/mol. The first kappa shape index (κ1) is 23.5. The number of rotatable bonds is 8. The molecular formula is C27H33N5O3. The van der Waals surface area contributed by atoms with Crippen LogP contribution in [0.4, 0.5) is 0 Å². The quantitative estimate of drug-likeness (QED) is 0.538. The summed E-state index contributed by atoms with van der Waals surface area (Å²) in [7, 11) is 0. The predicted octanol–water partition coefficient (Wildman–Crippen LogP) is 3.55. The number of fused-ring (bicyclic) bond motifs is 1. The molecule has 2 fully saturated rings. The van der Waals surface area contributed by atoms with Crippen molar-refractivity contribution in [2.24, 2.45) is 0 Å². The molecule has 35 heavy (non-hydrogen) atoms. The molecule has 1 aliphatic heterocycles. The molecule has 2 atom stereocenters. The summed E-state index contributed by atoms with van der Waals surface area (Å²) in [4.78, 5) is 29.4. The van der Waals surface area contributed by atoms with Gasteiger partial charge >= 0.3 is 0 Å². The number of aryl methyl sites for hydroxylation is 1. The molecule has 8 nitrogen and oxygen atoms in total. The van der Waals surface area contributed by atoms with Gasteiger partial charge in [0, 0.05) is 19.2 Å². The van der Waals surface area contributed by atoms with Crippen molar-refractivity contribution in [3.8, 4) is 0 Å². The molecule has 3 aromatic rings. The standard InChI is InChI=1S/C27H33N5O3/c1-19-9-2-5-13-22(19)26(27(34)28-20-10-3-4-11-20)31(17-21-12-8-16-35-21)25(33)18-32-24-15-7-6-14-23(24)29-30-32/h2,5-7,9,13-15,20-21,26H,3-4,8,10-12,16-18H2,1H3,(H,28,34). The Kier molecular flexibility index (Phi) is 7.08. The molecule has 1 saturated heterocycles. The molecule has 1 N–H and O–H groups in total. The molecule has 2 aromatic carbocycles. The van der Waals surface area contributed by atoms with Crippen molar-refractivity contribution >= 4 is 22.8 Å². The molecule has 2 unspecified atom stereocenters. The van der Waals surface area contributed by atoms with Gasteiger partial charge in [-0.05, 0) is 55.9 Å². The second kappa shape index (κ2) is 10.6. The van der Waals surface area contributed by atoms with Gasteiger partial charge in [-0.15, -0.1) is 5.10 Å². The van der Waals surface area contributed by atoms with Crippen molar-refractivity contribution in [1.82, 2.24) is 25.2 Å². The molecule has 1 saturated carbocycles. The van der Waals surface area contributed by atoms with Crippen LogP contribution in [0.25, 0.3) is 11.0 Å². The van der Waals surface area contributed by atoms with E-state index >= 15 is 0 Å². The fraction of sp³-hybridized carbons (Fsp3) is 0.481. The van der Waals surface area contributed by atoms with Crippen LogP contribution in [0.2, 0.25) is 0 Å². The van der Waals surface area contributed by atoms with Gasteiger partial charge in [-0.2, -0.15) is 0 Å². The maximum Gasteiger partial charge on any atom is 0.247 e. The fourth-order valence-electron chi connectivity index (χ4n) is 5.31. The van der Waals surface area contributed by atoms with E-state index in [4.69, 9.17) is 4.74 Å². The number of carbonyl (C=O) groups is 2. The Morgan fingerprint density at radius 3 is 2.63 bits per heavy atom. The molecule has 2 amide bonds. The first-order valence-electron chi connectivity index (χ1n) is 12.7. The third-order valence-corrected chi connectivity index (χ3v) is 7.19. The largest absolute Gasteiger partial charge is 0.376 e. The molecule has 0 bridgehead atoms. The minimum absolute atomic E-state index is 0.00627. The van der Waals surface area contributed by atoms with E-state index in [1.54, 1.807) is 9.58 Å². The SMILES string of the molecule is Cc1ccccc1C(C(=O)NC1CCCC1)N(CC1CCCO1)C(=O)Cn1nnc2ccccc21. The van der Waals surface area contributed by atoms with Crippen LogP contribution in [0, 0.1) is 6.92 Å². The van der Waals surface area contributed by atoms with Gasteiger partial charge in [0.1, 0.15) is 18.1 Å². The molecule has 0 spiro atoms. The average Bonchev–Trinajstić information content (AvgIpc) is 3.63. The minimum atomic E-state index is -0.733. The average molecular weight is 476 g/mol. The molecule has 0 radical (unpaired) electrons. The smallest absolute Gasteiger partial charge is 0.247 e. The Hall–Kier alpha value is -3.26. The van der Waals surface area contributed by atoms with Crippen LogP contribution in [-0.4, -0.2) is 57.0 Å². The van der Waals surface area contributed by atoms with E-state index in [-0.39, 0.29) is 30.5 Å². The Balaban J connectivity index is 1.49. The molecule has 5 rings (SSSR count). The first-order valence-corrected chi connectivity index (χ1v) is 12.7. The summed E-state index contributed by atoms with van der Waals surface area (Å²) < 4.78 is 7.52. The number of benzene rings is 2. The molecule has 2 heterocycles.